The van der Waals surface area contributed by atoms with Crippen molar-refractivity contribution in [1.29, 1.82) is 0 Å². The van der Waals surface area contributed by atoms with Crippen molar-refractivity contribution in [2.24, 2.45) is 10.3 Å². The zero-order valence-electron chi connectivity index (χ0n) is 20.0. The molecular formula is C24H32Cl4N4O2S. The van der Waals surface area contributed by atoms with E-state index in [4.69, 9.17) is 56.1 Å². The van der Waals surface area contributed by atoms with E-state index in [1.165, 1.54) is 11.8 Å². The van der Waals surface area contributed by atoms with Crippen LogP contribution in [0.4, 0.5) is 0 Å². The third kappa shape index (κ3) is 9.62. The molecule has 6 nitrogen and oxygen atoms in total. The Morgan fingerprint density at radius 1 is 0.857 bits per heavy atom. The van der Waals surface area contributed by atoms with Crippen LogP contribution in [0.3, 0.4) is 0 Å². The monoisotopic (exact) mass is 580 g/mol. The first kappa shape index (κ1) is 31.8. The second kappa shape index (κ2) is 13.9. The number of thioether (sulfide) groups is 1. The van der Waals surface area contributed by atoms with Crippen LogP contribution in [0.1, 0.15) is 64.8 Å². The summed E-state index contributed by atoms with van der Waals surface area (Å²) in [6.07, 6.45) is 7.09. The van der Waals surface area contributed by atoms with E-state index < -0.39 is 0 Å². The zero-order chi connectivity index (χ0) is 25.5. The molecule has 4 rings (SSSR count). The summed E-state index contributed by atoms with van der Waals surface area (Å²) in [5.74, 6) is 0. The molecule has 0 amide bonds. The Morgan fingerprint density at radius 2 is 1.29 bits per heavy atom. The molecular weight excluding hydrogens is 550 g/mol. The van der Waals surface area contributed by atoms with Crippen LogP contribution >= 0.6 is 58.2 Å². The van der Waals surface area contributed by atoms with Crippen molar-refractivity contribution in [2.75, 3.05) is 11.6 Å². The standard InChI is InChI=1S/C11H13ClN2OS.C11H13ClN2O.CH2Cl2.CH4/c1-11(2)5-9(14-15-11)7-4-8(12)10(16-3)13-6-7;1-7-9(12)4-8(6-13-7)10-5-11(2,3)15-14-10;2-1-3;/h4,6H,5H2,1-3H3;4,6H,5H2,1-3H3;1H2;1H4. The van der Waals surface area contributed by atoms with Crippen LogP contribution in [-0.4, -0.2) is 44.2 Å². The number of hydrogen-bond donors (Lipinski definition) is 0. The van der Waals surface area contributed by atoms with Crippen LogP contribution in [0.5, 0.6) is 0 Å². The number of alkyl halides is 2. The molecule has 0 saturated carbocycles. The van der Waals surface area contributed by atoms with Crippen LogP contribution in [0, 0.1) is 6.92 Å². The van der Waals surface area contributed by atoms with Crippen molar-refractivity contribution in [3.8, 4) is 0 Å². The average Bonchev–Trinajstić information content (AvgIpc) is 3.32. The van der Waals surface area contributed by atoms with Crippen molar-refractivity contribution in [3.63, 3.8) is 0 Å². The average molecular weight is 582 g/mol. The third-order valence-corrected chi connectivity index (χ3v) is 6.18. The summed E-state index contributed by atoms with van der Waals surface area (Å²) in [5.41, 5.74) is 4.09. The molecule has 0 spiro atoms. The molecule has 0 fully saturated rings. The van der Waals surface area contributed by atoms with Gasteiger partial charge >= 0.3 is 0 Å². The van der Waals surface area contributed by atoms with Gasteiger partial charge in [-0.3, -0.25) is 4.98 Å². The molecule has 0 saturated heterocycles. The summed E-state index contributed by atoms with van der Waals surface area (Å²) in [6, 6.07) is 3.78. The van der Waals surface area contributed by atoms with Crippen molar-refractivity contribution in [1.82, 2.24) is 9.97 Å². The fraction of sp³-hybridized carbons (Fsp3) is 0.500. The lowest BCUT2D eigenvalue weighted by molar-refractivity contribution is 0.0120. The molecule has 4 heterocycles. The Kier molecular flexibility index (Phi) is 12.6. The van der Waals surface area contributed by atoms with Gasteiger partial charge in [-0.1, -0.05) is 40.9 Å². The number of hydrogen-bond acceptors (Lipinski definition) is 7. The van der Waals surface area contributed by atoms with Crippen LogP contribution in [0.15, 0.2) is 39.9 Å². The molecule has 0 N–H and O–H groups in total. The maximum atomic E-state index is 6.10. The lowest BCUT2D eigenvalue weighted by Crippen LogP contribution is -2.19. The Balaban J connectivity index is 0.000000308. The predicted molar refractivity (Wildman–Crippen MR) is 151 cm³/mol. The summed E-state index contributed by atoms with van der Waals surface area (Å²) in [5, 5.41) is 10.5. The van der Waals surface area contributed by atoms with E-state index in [9.17, 15) is 0 Å². The van der Waals surface area contributed by atoms with Crippen molar-refractivity contribution in [3.05, 3.63) is 51.4 Å². The molecule has 2 aliphatic rings. The highest BCUT2D eigenvalue weighted by atomic mass is 35.5. The SMILES string of the molecule is C.CSc1ncc(C2=NOC(C)(C)C2)cc1Cl.Cc1ncc(C2=NOC(C)(C)C2)cc1Cl.ClCCl. The Labute approximate surface area is 232 Å². The van der Waals surface area contributed by atoms with E-state index in [1.54, 1.807) is 12.4 Å². The lowest BCUT2D eigenvalue weighted by Gasteiger charge is -2.13. The van der Waals surface area contributed by atoms with Gasteiger partial charge in [0.15, 0.2) is 0 Å². The highest BCUT2D eigenvalue weighted by molar-refractivity contribution is 7.98. The Morgan fingerprint density at radius 3 is 1.63 bits per heavy atom. The van der Waals surface area contributed by atoms with Gasteiger partial charge < -0.3 is 9.68 Å². The fourth-order valence-electron chi connectivity index (χ4n) is 3.00. The van der Waals surface area contributed by atoms with Gasteiger partial charge in [0.05, 0.1) is 32.5 Å². The molecule has 2 aliphatic heterocycles. The minimum absolute atomic E-state index is 0. The number of aryl methyl sites for hydroxylation is 1. The summed E-state index contributed by atoms with van der Waals surface area (Å²) >= 11 is 23.2. The van der Waals surface area contributed by atoms with Crippen LogP contribution in [0.25, 0.3) is 0 Å². The smallest absolute Gasteiger partial charge is 0.137 e. The van der Waals surface area contributed by atoms with Gasteiger partial charge in [-0.2, -0.15) is 0 Å². The molecule has 0 aliphatic carbocycles. The molecule has 0 unspecified atom stereocenters. The van der Waals surface area contributed by atoms with Crippen molar-refractivity contribution >= 4 is 69.6 Å². The van der Waals surface area contributed by atoms with Gasteiger partial charge in [0.1, 0.15) is 16.2 Å². The largest absolute Gasteiger partial charge is 0.389 e. The molecule has 194 valence electrons. The fourth-order valence-corrected chi connectivity index (χ4v) is 3.98. The highest BCUT2D eigenvalue weighted by Crippen LogP contribution is 2.29. The third-order valence-electron chi connectivity index (χ3n) is 4.68. The Bertz CT molecular complexity index is 1060. The maximum Gasteiger partial charge on any atom is 0.137 e. The zero-order valence-corrected chi connectivity index (χ0v) is 23.8. The molecule has 2 aromatic rings. The maximum absolute atomic E-state index is 6.10. The lowest BCUT2D eigenvalue weighted by atomic mass is 9.99. The van der Waals surface area contributed by atoms with Gasteiger partial charge in [-0.25, -0.2) is 4.98 Å². The van der Waals surface area contributed by atoms with Gasteiger partial charge in [0.2, 0.25) is 0 Å². The first-order valence-corrected chi connectivity index (χ1v) is 13.4. The van der Waals surface area contributed by atoms with E-state index >= 15 is 0 Å². The van der Waals surface area contributed by atoms with Crippen molar-refractivity contribution < 1.29 is 9.68 Å². The minimum atomic E-state index is -0.222. The molecule has 35 heavy (non-hydrogen) atoms. The van der Waals surface area contributed by atoms with Crippen molar-refractivity contribution in [2.45, 2.75) is 71.1 Å². The number of halogens is 4. The van der Waals surface area contributed by atoms with E-state index in [0.717, 1.165) is 46.1 Å². The molecule has 0 bridgehead atoms. The van der Waals surface area contributed by atoms with Gasteiger partial charge in [-0.15, -0.1) is 35.0 Å². The number of nitrogens with zero attached hydrogens (tertiary/aromatic N) is 4. The number of pyridine rings is 2. The van der Waals surface area contributed by atoms with Crippen LogP contribution in [-0.2, 0) is 9.68 Å². The normalized spacial score (nSPS) is 16.7. The van der Waals surface area contributed by atoms with Crippen LogP contribution in [0.2, 0.25) is 10.0 Å². The molecule has 0 atom stereocenters. The predicted octanol–water partition coefficient (Wildman–Crippen LogP) is 8.36. The number of rotatable bonds is 3. The van der Waals surface area contributed by atoms with Crippen LogP contribution < -0.4 is 0 Å². The highest BCUT2D eigenvalue weighted by Gasteiger charge is 2.30. The summed E-state index contributed by atoms with van der Waals surface area (Å²) in [4.78, 5) is 19.1. The van der Waals surface area contributed by atoms with E-state index in [1.807, 2.05) is 53.0 Å². The van der Waals surface area contributed by atoms with Gasteiger partial charge in [-0.05, 0) is 53.0 Å². The summed E-state index contributed by atoms with van der Waals surface area (Å²) in [7, 11) is 0. The first-order valence-electron chi connectivity index (χ1n) is 10.4. The molecule has 2 aromatic heterocycles. The first-order chi connectivity index (χ1) is 15.9. The summed E-state index contributed by atoms with van der Waals surface area (Å²) in [6.45, 7) is 9.91. The second-order valence-corrected chi connectivity index (χ2v) is 11.2. The quantitative estimate of drug-likeness (QED) is 0.269. The van der Waals surface area contributed by atoms with E-state index in [2.05, 4.69) is 20.3 Å². The number of aromatic nitrogens is 2. The topological polar surface area (TPSA) is 69.0 Å². The molecule has 0 radical (unpaired) electrons. The Hall–Kier alpha value is -1.25. The number of oxime groups is 2. The summed E-state index contributed by atoms with van der Waals surface area (Å²) < 4.78 is 0. The van der Waals surface area contributed by atoms with Gasteiger partial charge in [0, 0.05) is 36.4 Å². The second-order valence-electron chi connectivity index (χ2n) is 8.74. The molecule has 11 heteroatoms. The van der Waals surface area contributed by atoms with Gasteiger partial charge in [0.25, 0.3) is 0 Å². The van der Waals surface area contributed by atoms with E-state index in [0.29, 0.717) is 10.0 Å². The molecule has 0 aromatic carbocycles. The van der Waals surface area contributed by atoms with E-state index in [-0.39, 0.29) is 24.0 Å². The minimum Gasteiger partial charge on any atom is -0.389 e.